The average Bonchev–Trinajstić information content (AvgIpc) is 2.72. The topological polar surface area (TPSA) is 29.3 Å². The lowest BCUT2D eigenvalue weighted by molar-refractivity contribution is 0.606. The Morgan fingerprint density at radius 2 is 1.90 bits per heavy atom. The van der Waals surface area contributed by atoms with Crippen molar-refractivity contribution in [3.05, 3.63) is 63.4 Å². The van der Waals surface area contributed by atoms with Crippen LogP contribution in [0.15, 0.2) is 40.9 Å². The van der Waals surface area contributed by atoms with Crippen molar-refractivity contribution in [2.75, 3.05) is 11.4 Å². The third-order valence-electron chi connectivity index (χ3n) is 4.06. The van der Waals surface area contributed by atoms with Crippen LogP contribution in [0.5, 0.6) is 0 Å². The number of nitrogens with two attached hydrogens (primary N) is 1. The van der Waals surface area contributed by atoms with Gasteiger partial charge in [-0.2, -0.15) is 0 Å². The Morgan fingerprint density at radius 1 is 1.14 bits per heavy atom. The van der Waals surface area contributed by atoms with Crippen LogP contribution in [0.1, 0.15) is 23.1 Å². The number of aryl methyl sites for hydroxylation is 1. The van der Waals surface area contributed by atoms with E-state index in [1.165, 1.54) is 11.1 Å². The van der Waals surface area contributed by atoms with E-state index in [0.29, 0.717) is 16.7 Å². The minimum absolute atomic E-state index is 0.211. The molecule has 1 aliphatic rings. The summed E-state index contributed by atoms with van der Waals surface area (Å²) in [7, 11) is 0. The molecule has 0 unspecified atom stereocenters. The van der Waals surface area contributed by atoms with Crippen LogP contribution in [0, 0.1) is 5.82 Å². The van der Waals surface area contributed by atoms with Crippen molar-refractivity contribution >= 4 is 21.6 Å². The Labute approximate surface area is 132 Å². The zero-order chi connectivity index (χ0) is 14.8. The second-order valence-electron chi connectivity index (χ2n) is 5.37. The van der Waals surface area contributed by atoms with Gasteiger partial charge in [-0.3, -0.25) is 0 Å². The monoisotopic (exact) mass is 348 g/mol. The van der Waals surface area contributed by atoms with E-state index in [0.717, 1.165) is 31.5 Å². The lowest BCUT2D eigenvalue weighted by Crippen LogP contribution is -2.24. The van der Waals surface area contributed by atoms with E-state index >= 15 is 0 Å². The van der Waals surface area contributed by atoms with Gasteiger partial charge < -0.3 is 10.6 Å². The van der Waals surface area contributed by atoms with Crippen LogP contribution in [0.4, 0.5) is 10.1 Å². The molecule has 3 rings (SSSR count). The number of benzene rings is 2. The summed E-state index contributed by atoms with van der Waals surface area (Å²) in [5.74, 6) is -0.211. The maximum absolute atomic E-state index is 14.6. The molecular weight excluding hydrogens is 331 g/mol. The first-order chi connectivity index (χ1) is 10.2. The normalized spacial score (nSPS) is 14.7. The van der Waals surface area contributed by atoms with Crippen LogP contribution in [0.3, 0.4) is 0 Å². The number of rotatable bonds is 2. The summed E-state index contributed by atoms with van der Waals surface area (Å²) < 4.78 is 15.1. The smallest absolute Gasteiger partial charge is 0.160 e. The van der Waals surface area contributed by atoms with Gasteiger partial charge in [-0.25, -0.2) is 4.39 Å². The van der Waals surface area contributed by atoms with Crippen molar-refractivity contribution in [3.63, 3.8) is 0 Å². The Balaban J connectivity index is 1.96. The van der Waals surface area contributed by atoms with Crippen LogP contribution in [0.2, 0.25) is 0 Å². The number of halogens is 2. The molecule has 2 N–H and O–H groups in total. The molecule has 0 fully saturated rings. The maximum atomic E-state index is 14.6. The first kappa shape index (κ1) is 14.5. The number of fused-ring (bicyclic) bond motifs is 1. The fourth-order valence-electron chi connectivity index (χ4n) is 2.89. The van der Waals surface area contributed by atoms with Crippen LogP contribution in [0.25, 0.3) is 0 Å². The van der Waals surface area contributed by atoms with E-state index < -0.39 is 0 Å². The quantitative estimate of drug-likeness (QED) is 0.888. The largest absolute Gasteiger partial charge is 0.365 e. The summed E-state index contributed by atoms with van der Waals surface area (Å²) in [5, 5.41) is 0. The Hall–Kier alpha value is -1.39. The molecule has 0 aliphatic carbocycles. The van der Waals surface area contributed by atoms with Gasteiger partial charge in [0.15, 0.2) is 5.82 Å². The zero-order valence-corrected chi connectivity index (χ0v) is 13.4. The molecule has 4 heteroatoms. The second kappa shape index (κ2) is 6.16. The van der Waals surface area contributed by atoms with Gasteiger partial charge in [-0.15, -0.1) is 0 Å². The highest BCUT2D eigenvalue weighted by molar-refractivity contribution is 9.10. The molecule has 21 heavy (non-hydrogen) atoms. The van der Waals surface area contributed by atoms with Crippen molar-refractivity contribution < 1.29 is 4.39 Å². The number of hydrogen-bond acceptors (Lipinski definition) is 2. The Morgan fingerprint density at radius 3 is 2.67 bits per heavy atom. The van der Waals surface area contributed by atoms with Gasteiger partial charge in [0.2, 0.25) is 0 Å². The summed E-state index contributed by atoms with van der Waals surface area (Å²) in [6, 6.07) is 12.2. The highest BCUT2D eigenvalue weighted by Gasteiger charge is 2.19. The van der Waals surface area contributed by atoms with E-state index in [1.54, 1.807) is 0 Å². The van der Waals surface area contributed by atoms with Gasteiger partial charge in [-0.1, -0.05) is 30.3 Å². The molecule has 2 nitrogen and oxygen atoms in total. The molecule has 2 aromatic carbocycles. The number of anilines is 1. The molecule has 0 bridgehead atoms. The Kier molecular flexibility index (Phi) is 4.27. The predicted molar refractivity (Wildman–Crippen MR) is 87.8 cm³/mol. The average molecular weight is 349 g/mol. The number of hydrogen-bond donors (Lipinski definition) is 1. The van der Waals surface area contributed by atoms with Gasteiger partial charge >= 0.3 is 0 Å². The van der Waals surface area contributed by atoms with Crippen molar-refractivity contribution in [3.8, 4) is 0 Å². The second-order valence-corrected chi connectivity index (χ2v) is 6.16. The van der Waals surface area contributed by atoms with Crippen molar-refractivity contribution in [2.24, 2.45) is 5.73 Å². The van der Waals surface area contributed by atoms with Crippen LogP contribution < -0.4 is 10.6 Å². The minimum Gasteiger partial charge on any atom is -0.365 e. The van der Waals surface area contributed by atoms with Gasteiger partial charge in [0.25, 0.3) is 0 Å². The van der Waals surface area contributed by atoms with Gasteiger partial charge in [0.1, 0.15) is 0 Å². The van der Waals surface area contributed by atoms with Gasteiger partial charge in [-0.05, 0) is 51.5 Å². The number of nitrogens with zero attached hydrogens (tertiary/aromatic N) is 1. The van der Waals surface area contributed by atoms with Crippen molar-refractivity contribution in [1.29, 1.82) is 0 Å². The fraction of sp³-hybridized carbons (Fsp3) is 0.294. The molecular formula is C17H18BrFN2. The summed E-state index contributed by atoms with van der Waals surface area (Å²) in [6.07, 6.45) is 2.09. The van der Waals surface area contributed by atoms with Crippen LogP contribution in [-0.4, -0.2) is 6.54 Å². The van der Waals surface area contributed by atoms with E-state index in [2.05, 4.69) is 39.0 Å². The molecule has 0 spiro atoms. The molecule has 1 aliphatic heterocycles. The molecule has 0 amide bonds. The first-order valence-corrected chi connectivity index (χ1v) is 7.98. The standard InChI is InChI=1S/C17H18BrFN2/c18-16-13(10-20)7-8-15(17(16)19)21-9-3-6-12-4-1-2-5-14(12)11-21/h1-2,4-5,7-8H,3,6,9-11,20H2. The van der Waals surface area contributed by atoms with E-state index in [4.69, 9.17) is 5.73 Å². The van der Waals surface area contributed by atoms with Crippen LogP contribution in [-0.2, 0) is 19.5 Å². The third-order valence-corrected chi connectivity index (χ3v) is 4.91. The van der Waals surface area contributed by atoms with Crippen molar-refractivity contribution in [2.45, 2.75) is 25.9 Å². The molecule has 0 radical (unpaired) electrons. The highest BCUT2D eigenvalue weighted by atomic mass is 79.9. The summed E-state index contributed by atoms with van der Waals surface area (Å²) in [6.45, 7) is 1.95. The molecule has 0 atom stereocenters. The van der Waals surface area contributed by atoms with E-state index in [-0.39, 0.29) is 5.82 Å². The third kappa shape index (κ3) is 2.83. The minimum atomic E-state index is -0.211. The van der Waals surface area contributed by atoms with Gasteiger partial charge in [0, 0.05) is 19.6 Å². The lowest BCUT2D eigenvalue weighted by Gasteiger charge is -2.24. The Bertz CT molecular complexity index is 657. The molecule has 2 aromatic rings. The fourth-order valence-corrected chi connectivity index (χ4v) is 3.38. The molecule has 1 heterocycles. The van der Waals surface area contributed by atoms with E-state index in [1.807, 2.05) is 18.2 Å². The molecule has 0 saturated carbocycles. The lowest BCUT2D eigenvalue weighted by atomic mass is 10.0. The van der Waals surface area contributed by atoms with E-state index in [9.17, 15) is 4.39 Å². The molecule has 110 valence electrons. The summed E-state index contributed by atoms with van der Waals surface area (Å²) in [4.78, 5) is 2.12. The molecule has 0 aromatic heterocycles. The molecule has 0 saturated heterocycles. The summed E-state index contributed by atoms with van der Waals surface area (Å²) in [5.41, 5.74) is 9.73. The highest BCUT2D eigenvalue weighted by Crippen LogP contribution is 2.32. The summed E-state index contributed by atoms with van der Waals surface area (Å²) >= 11 is 3.33. The maximum Gasteiger partial charge on any atom is 0.160 e. The van der Waals surface area contributed by atoms with Crippen LogP contribution >= 0.6 is 15.9 Å². The SMILES string of the molecule is NCc1ccc(N2CCCc3ccccc3C2)c(F)c1Br. The first-order valence-electron chi connectivity index (χ1n) is 7.19. The zero-order valence-electron chi connectivity index (χ0n) is 11.8. The van der Waals surface area contributed by atoms with Gasteiger partial charge in [0.05, 0.1) is 10.2 Å². The predicted octanol–water partition coefficient (Wildman–Crippen LogP) is 4.00. The van der Waals surface area contributed by atoms with Crippen molar-refractivity contribution in [1.82, 2.24) is 0 Å².